The van der Waals surface area contributed by atoms with Crippen molar-refractivity contribution < 1.29 is 5.11 Å². The van der Waals surface area contributed by atoms with Crippen molar-refractivity contribution in [3.05, 3.63) is 97.2 Å². The minimum absolute atomic E-state index is 0.112. The van der Waals surface area contributed by atoms with Gasteiger partial charge in [0.1, 0.15) is 18.2 Å². The molecule has 142 valence electrons. The molecule has 0 aliphatic carbocycles. The zero-order valence-corrected chi connectivity index (χ0v) is 17.7. The van der Waals surface area contributed by atoms with Gasteiger partial charge in [-0.05, 0) is 69.4 Å². The smallest absolute Gasteiger partial charge is 0.116 e. The highest BCUT2D eigenvalue weighted by atomic mass is 79.9. The van der Waals surface area contributed by atoms with Gasteiger partial charge >= 0.3 is 0 Å². The lowest BCUT2D eigenvalue weighted by molar-refractivity contribution is -0.213. The van der Waals surface area contributed by atoms with Crippen molar-refractivity contribution in [1.29, 1.82) is 10.5 Å². The van der Waals surface area contributed by atoms with E-state index in [1.54, 1.807) is 36.5 Å². The third-order valence-corrected chi connectivity index (χ3v) is 5.25. The van der Waals surface area contributed by atoms with Gasteiger partial charge in [0.25, 0.3) is 0 Å². The number of pyridine rings is 1. The molecule has 1 atom stereocenters. The van der Waals surface area contributed by atoms with E-state index in [9.17, 15) is 10.4 Å². The van der Waals surface area contributed by atoms with Gasteiger partial charge in [-0.15, -0.1) is 0 Å². The first-order valence-electron chi connectivity index (χ1n) is 8.18. The quantitative estimate of drug-likeness (QED) is 0.392. The highest BCUT2D eigenvalue weighted by Gasteiger charge is 2.16. The van der Waals surface area contributed by atoms with Gasteiger partial charge in [-0.25, -0.2) is 0 Å². The maximum Gasteiger partial charge on any atom is 0.116 e. The Labute approximate surface area is 185 Å². The molecular formula is C21H10BrCl2N4O-. The van der Waals surface area contributed by atoms with Crippen molar-refractivity contribution in [3.63, 3.8) is 0 Å². The summed E-state index contributed by atoms with van der Waals surface area (Å²) in [4.78, 5) is 8.66. The summed E-state index contributed by atoms with van der Waals surface area (Å²) >= 11 is 15.5. The Morgan fingerprint density at radius 3 is 2.38 bits per heavy atom. The molecule has 0 radical (unpaired) electrons. The van der Waals surface area contributed by atoms with Crippen molar-refractivity contribution in [2.24, 2.45) is 4.99 Å². The van der Waals surface area contributed by atoms with Gasteiger partial charge in [-0.1, -0.05) is 35.3 Å². The lowest BCUT2D eigenvalue weighted by Crippen LogP contribution is -2.21. The van der Waals surface area contributed by atoms with E-state index >= 15 is 0 Å². The van der Waals surface area contributed by atoms with E-state index in [1.165, 1.54) is 18.2 Å². The molecule has 2 aromatic carbocycles. The summed E-state index contributed by atoms with van der Waals surface area (Å²) in [6, 6.07) is 15.9. The average molecular weight is 485 g/mol. The first kappa shape index (κ1) is 20.8. The highest BCUT2D eigenvalue weighted by molar-refractivity contribution is 9.10. The van der Waals surface area contributed by atoms with Crippen molar-refractivity contribution >= 4 is 45.0 Å². The molecule has 0 saturated heterocycles. The van der Waals surface area contributed by atoms with Crippen LogP contribution in [0, 0.1) is 22.7 Å². The van der Waals surface area contributed by atoms with Gasteiger partial charge in [-0.3, -0.25) is 9.98 Å². The van der Waals surface area contributed by atoms with Crippen LogP contribution in [0.3, 0.4) is 0 Å². The number of halogens is 3. The average Bonchev–Trinajstić information content (AvgIpc) is 2.74. The third kappa shape index (κ3) is 4.75. The Bertz CT molecular complexity index is 1180. The summed E-state index contributed by atoms with van der Waals surface area (Å²) in [6.45, 7) is 0. The molecule has 1 aromatic heterocycles. The molecule has 0 spiro atoms. The fraction of sp³-hybridized carbons (Fsp3) is 0.0476. The predicted molar refractivity (Wildman–Crippen MR) is 113 cm³/mol. The van der Waals surface area contributed by atoms with Crippen molar-refractivity contribution in [2.75, 3.05) is 0 Å². The van der Waals surface area contributed by atoms with Crippen LogP contribution in [-0.2, 0) is 0 Å². The number of nitriles is 2. The zero-order chi connectivity index (χ0) is 21.0. The Morgan fingerprint density at radius 1 is 1.00 bits per heavy atom. The number of benzene rings is 2. The second kappa shape index (κ2) is 9.07. The molecule has 29 heavy (non-hydrogen) atoms. The van der Waals surface area contributed by atoms with Crippen LogP contribution in [0.5, 0.6) is 0 Å². The molecule has 5 nitrogen and oxygen atoms in total. The van der Waals surface area contributed by atoms with Gasteiger partial charge in [-0.2, -0.15) is 10.5 Å². The largest absolute Gasteiger partial charge is 0.858 e. The molecule has 0 aliphatic heterocycles. The van der Waals surface area contributed by atoms with E-state index in [4.69, 9.17) is 28.5 Å². The number of aromatic nitrogens is 1. The number of nitrogens with zero attached hydrogens (tertiary/aromatic N) is 4. The lowest BCUT2D eigenvalue weighted by atomic mass is 10.0. The standard InChI is InChI=1S/C21H11BrCl2N4O/c22-16-4-6-19(27-11-16)20(12-3-5-17(23)18(24)8-12)28-21(29)13-1-2-14(9-25)15(7-13)10-26/h1-8,11,20H,(H,28,29)/p-1. The van der Waals surface area contributed by atoms with Crippen LogP contribution in [-0.4, -0.2) is 10.9 Å². The van der Waals surface area contributed by atoms with Gasteiger partial charge in [0.15, 0.2) is 0 Å². The van der Waals surface area contributed by atoms with E-state index in [1.807, 2.05) is 12.1 Å². The van der Waals surface area contributed by atoms with E-state index in [2.05, 4.69) is 25.9 Å². The highest BCUT2D eigenvalue weighted by Crippen LogP contribution is 2.31. The lowest BCUT2D eigenvalue weighted by Gasteiger charge is -2.19. The monoisotopic (exact) mass is 483 g/mol. The molecule has 1 unspecified atom stereocenters. The molecule has 8 heteroatoms. The SMILES string of the molecule is N#Cc1ccc(C([O-])=NC(c2ccc(Cl)c(Cl)c2)c2ccc(Br)cn2)cc1C#N. The van der Waals surface area contributed by atoms with E-state index in [-0.39, 0.29) is 16.7 Å². The van der Waals surface area contributed by atoms with Crippen molar-refractivity contribution in [2.45, 2.75) is 6.04 Å². The normalized spacial score (nSPS) is 12.1. The minimum atomic E-state index is -0.730. The molecule has 1 heterocycles. The molecule has 0 fully saturated rings. The summed E-state index contributed by atoms with van der Waals surface area (Å²) in [6.07, 6.45) is 1.61. The van der Waals surface area contributed by atoms with Crippen LogP contribution in [0.15, 0.2) is 64.2 Å². The van der Waals surface area contributed by atoms with Crippen LogP contribution in [0.25, 0.3) is 0 Å². The van der Waals surface area contributed by atoms with Gasteiger partial charge in [0.2, 0.25) is 0 Å². The Morgan fingerprint density at radius 2 is 1.76 bits per heavy atom. The van der Waals surface area contributed by atoms with Crippen LogP contribution in [0.1, 0.15) is 34.0 Å². The van der Waals surface area contributed by atoms with Crippen LogP contribution < -0.4 is 5.11 Å². The van der Waals surface area contributed by atoms with Gasteiger partial charge in [0.05, 0.1) is 26.9 Å². The van der Waals surface area contributed by atoms with Gasteiger partial charge in [0, 0.05) is 10.7 Å². The fourth-order valence-electron chi connectivity index (χ4n) is 2.60. The zero-order valence-electron chi connectivity index (χ0n) is 14.6. The second-order valence-corrected chi connectivity index (χ2v) is 7.63. The number of hydrogen-bond donors (Lipinski definition) is 0. The number of aliphatic imine (C=N–C) groups is 1. The maximum absolute atomic E-state index is 12.8. The summed E-state index contributed by atoms with van der Waals surface area (Å²) in [5, 5.41) is 31.8. The van der Waals surface area contributed by atoms with Crippen LogP contribution >= 0.6 is 39.1 Å². The van der Waals surface area contributed by atoms with Crippen molar-refractivity contribution in [1.82, 2.24) is 4.98 Å². The van der Waals surface area contributed by atoms with Gasteiger partial charge < -0.3 is 5.11 Å². The summed E-state index contributed by atoms with van der Waals surface area (Å²) in [7, 11) is 0. The molecule has 0 aliphatic rings. The molecule has 3 aromatic rings. The van der Waals surface area contributed by atoms with E-state index in [0.717, 1.165) is 4.47 Å². The fourth-order valence-corrected chi connectivity index (χ4v) is 3.14. The molecular weight excluding hydrogens is 475 g/mol. The molecule has 0 saturated carbocycles. The summed E-state index contributed by atoms with van der Waals surface area (Å²) in [5.41, 5.74) is 1.68. The van der Waals surface area contributed by atoms with Crippen molar-refractivity contribution in [3.8, 4) is 12.1 Å². The Kier molecular flexibility index (Phi) is 6.51. The minimum Gasteiger partial charge on any atom is -0.858 e. The number of rotatable bonds is 4. The predicted octanol–water partition coefficient (Wildman–Crippen LogP) is 4.79. The van der Waals surface area contributed by atoms with Crippen LogP contribution in [0.4, 0.5) is 0 Å². The first-order chi connectivity index (χ1) is 13.9. The van der Waals surface area contributed by atoms with Crippen LogP contribution in [0.2, 0.25) is 10.0 Å². The third-order valence-electron chi connectivity index (χ3n) is 4.04. The second-order valence-electron chi connectivity index (χ2n) is 5.90. The molecule has 0 amide bonds. The Hall–Kier alpha value is -2.90. The maximum atomic E-state index is 12.8. The summed E-state index contributed by atoms with van der Waals surface area (Å²) in [5.74, 6) is -0.549. The van der Waals surface area contributed by atoms with E-state index in [0.29, 0.717) is 21.3 Å². The topological polar surface area (TPSA) is 95.9 Å². The number of hydrogen-bond acceptors (Lipinski definition) is 5. The Balaban J connectivity index is 2.11. The first-order valence-corrected chi connectivity index (χ1v) is 9.73. The van der Waals surface area contributed by atoms with E-state index < -0.39 is 11.9 Å². The molecule has 3 rings (SSSR count). The molecule has 0 N–H and O–H groups in total. The molecule has 0 bridgehead atoms. The summed E-state index contributed by atoms with van der Waals surface area (Å²) < 4.78 is 0.784.